The second-order valence-electron chi connectivity index (χ2n) is 6.69. The quantitative estimate of drug-likeness (QED) is 0.907. The van der Waals surface area contributed by atoms with E-state index in [1.54, 1.807) is 5.56 Å². The molecule has 1 fully saturated rings. The molecule has 3 rings (SSSR count). The zero-order chi connectivity index (χ0) is 14.7. The van der Waals surface area contributed by atoms with E-state index in [2.05, 4.69) is 48.3 Å². The van der Waals surface area contributed by atoms with Gasteiger partial charge in [-0.25, -0.2) is 0 Å². The number of nitrogens with one attached hydrogen (secondary N) is 1. The fourth-order valence-electron chi connectivity index (χ4n) is 3.74. The maximum atomic E-state index is 3.57. The molecule has 0 aliphatic carbocycles. The topological polar surface area (TPSA) is 15.3 Å². The fourth-order valence-corrected chi connectivity index (χ4v) is 4.85. The van der Waals surface area contributed by atoms with Gasteiger partial charge in [0.2, 0.25) is 0 Å². The highest BCUT2D eigenvalue weighted by Gasteiger charge is 2.29. The van der Waals surface area contributed by atoms with Crippen molar-refractivity contribution in [2.45, 2.75) is 50.1 Å². The Hall–Kier alpha value is -0.510. The summed E-state index contributed by atoms with van der Waals surface area (Å²) in [5.41, 5.74) is 1.56. The van der Waals surface area contributed by atoms with Gasteiger partial charge in [0.15, 0.2) is 0 Å². The van der Waals surface area contributed by atoms with E-state index < -0.39 is 0 Å². The molecule has 1 saturated heterocycles. The number of hydrogen-bond acceptors (Lipinski definition) is 3. The summed E-state index contributed by atoms with van der Waals surface area (Å²) in [7, 11) is 0. The molecule has 0 saturated carbocycles. The van der Waals surface area contributed by atoms with Gasteiger partial charge in [0, 0.05) is 23.5 Å². The van der Waals surface area contributed by atoms with Crippen LogP contribution < -0.4 is 5.32 Å². The van der Waals surface area contributed by atoms with Crippen molar-refractivity contribution >= 4 is 11.8 Å². The molecule has 2 aliphatic rings. The van der Waals surface area contributed by atoms with Gasteiger partial charge in [0.1, 0.15) is 0 Å². The van der Waals surface area contributed by atoms with Gasteiger partial charge in [0.05, 0.1) is 0 Å². The van der Waals surface area contributed by atoms with Crippen LogP contribution in [0.5, 0.6) is 0 Å². The van der Waals surface area contributed by atoms with Gasteiger partial charge in [-0.3, -0.25) is 4.90 Å². The summed E-state index contributed by atoms with van der Waals surface area (Å²) in [6.45, 7) is 8.38. The van der Waals surface area contributed by atoms with Gasteiger partial charge >= 0.3 is 0 Å². The Kier molecular flexibility index (Phi) is 5.25. The zero-order valence-corrected chi connectivity index (χ0v) is 14.2. The molecule has 2 unspecified atom stereocenters. The largest absolute Gasteiger partial charge is 0.316 e. The van der Waals surface area contributed by atoms with Crippen LogP contribution in [0.15, 0.2) is 29.2 Å². The summed E-state index contributed by atoms with van der Waals surface area (Å²) < 4.78 is 0. The van der Waals surface area contributed by atoms with Crippen LogP contribution in [0.4, 0.5) is 0 Å². The summed E-state index contributed by atoms with van der Waals surface area (Å²) in [4.78, 5) is 4.26. The molecule has 2 nitrogen and oxygen atoms in total. The molecule has 1 N–H and O–H groups in total. The molecule has 0 aromatic heterocycles. The number of rotatable bonds is 4. The maximum Gasteiger partial charge on any atom is 0.0370 e. The van der Waals surface area contributed by atoms with Crippen molar-refractivity contribution in [3.63, 3.8) is 0 Å². The first-order valence-electron chi connectivity index (χ1n) is 8.44. The lowest BCUT2D eigenvalue weighted by atomic mass is 9.95. The highest BCUT2D eigenvalue weighted by Crippen LogP contribution is 2.40. The molecule has 3 heteroatoms. The average molecular weight is 305 g/mol. The first-order valence-corrected chi connectivity index (χ1v) is 9.42. The molecule has 2 atom stereocenters. The summed E-state index contributed by atoms with van der Waals surface area (Å²) >= 11 is 2.03. The molecule has 21 heavy (non-hydrogen) atoms. The number of piperidine rings is 1. The highest BCUT2D eigenvalue weighted by atomic mass is 32.2. The van der Waals surface area contributed by atoms with E-state index in [9.17, 15) is 0 Å². The number of benzene rings is 1. The van der Waals surface area contributed by atoms with Gasteiger partial charge in [-0.1, -0.05) is 18.2 Å². The van der Waals surface area contributed by atoms with Gasteiger partial charge in [-0.05, 0) is 69.5 Å². The Morgan fingerprint density at radius 3 is 2.90 bits per heavy atom. The van der Waals surface area contributed by atoms with Crippen molar-refractivity contribution < 1.29 is 0 Å². The van der Waals surface area contributed by atoms with Gasteiger partial charge in [-0.2, -0.15) is 0 Å². The molecule has 0 spiro atoms. The molecule has 116 valence electrons. The van der Waals surface area contributed by atoms with Crippen LogP contribution >= 0.6 is 11.8 Å². The second kappa shape index (κ2) is 7.17. The third-order valence-electron chi connectivity index (χ3n) is 4.86. The zero-order valence-electron chi connectivity index (χ0n) is 13.3. The smallest absolute Gasteiger partial charge is 0.0370 e. The predicted octanol–water partition coefficient (Wildman–Crippen LogP) is 3.93. The monoisotopic (exact) mass is 304 g/mol. The van der Waals surface area contributed by atoms with Crippen molar-refractivity contribution in [1.29, 1.82) is 0 Å². The molecular formula is C18H28N2S. The number of fused-ring (bicyclic) bond motifs is 1. The Labute approximate surface area is 133 Å². The maximum absolute atomic E-state index is 3.57. The normalized spacial score (nSPS) is 26.1. The van der Waals surface area contributed by atoms with E-state index in [1.807, 2.05) is 11.8 Å². The van der Waals surface area contributed by atoms with E-state index in [4.69, 9.17) is 0 Å². The number of thioether (sulfide) groups is 1. The Balaban J connectivity index is 1.78. The Morgan fingerprint density at radius 1 is 1.29 bits per heavy atom. The molecule has 0 amide bonds. The van der Waals surface area contributed by atoms with Crippen LogP contribution in [-0.4, -0.2) is 36.3 Å². The molecule has 0 bridgehead atoms. The minimum Gasteiger partial charge on any atom is -0.316 e. The van der Waals surface area contributed by atoms with E-state index in [1.165, 1.54) is 49.5 Å². The molecule has 2 heterocycles. The molecule has 2 aliphatic heterocycles. The SMILES string of the molecule is CC(C)N(CC1CCCNC1)C1CCSc2ccccc21. The van der Waals surface area contributed by atoms with Crippen molar-refractivity contribution in [3.05, 3.63) is 29.8 Å². The van der Waals surface area contributed by atoms with E-state index >= 15 is 0 Å². The summed E-state index contributed by atoms with van der Waals surface area (Å²) in [5.74, 6) is 2.08. The fraction of sp³-hybridized carbons (Fsp3) is 0.667. The Bertz CT molecular complexity index is 454. The minimum absolute atomic E-state index is 0.615. The third-order valence-corrected chi connectivity index (χ3v) is 5.98. The summed E-state index contributed by atoms with van der Waals surface area (Å²) in [5, 5.41) is 3.57. The van der Waals surface area contributed by atoms with E-state index in [0.29, 0.717) is 12.1 Å². The molecule has 1 aromatic rings. The lowest BCUT2D eigenvalue weighted by Crippen LogP contribution is -2.43. The second-order valence-corrected chi connectivity index (χ2v) is 7.83. The summed E-state index contributed by atoms with van der Waals surface area (Å²) in [6, 6.07) is 10.3. The standard InChI is InChI=1S/C18H28N2S/c1-14(2)20(13-15-6-5-10-19-12-15)17-9-11-21-18-8-4-3-7-16(17)18/h3-4,7-8,14-15,17,19H,5-6,9-13H2,1-2H3. The van der Waals surface area contributed by atoms with Gasteiger partial charge in [-0.15, -0.1) is 11.8 Å². The van der Waals surface area contributed by atoms with E-state index in [-0.39, 0.29) is 0 Å². The predicted molar refractivity (Wildman–Crippen MR) is 92.0 cm³/mol. The molecular weight excluding hydrogens is 276 g/mol. The van der Waals surface area contributed by atoms with Crippen LogP contribution in [-0.2, 0) is 0 Å². The Morgan fingerprint density at radius 2 is 2.14 bits per heavy atom. The van der Waals surface area contributed by atoms with Crippen LogP contribution in [0.2, 0.25) is 0 Å². The number of nitrogens with zero attached hydrogens (tertiary/aromatic N) is 1. The summed E-state index contributed by atoms with van der Waals surface area (Å²) in [6.07, 6.45) is 4.02. The van der Waals surface area contributed by atoms with Crippen molar-refractivity contribution in [3.8, 4) is 0 Å². The third kappa shape index (κ3) is 3.64. The molecule has 0 radical (unpaired) electrons. The van der Waals surface area contributed by atoms with Crippen molar-refractivity contribution in [2.75, 3.05) is 25.4 Å². The average Bonchev–Trinajstić information content (AvgIpc) is 2.53. The van der Waals surface area contributed by atoms with Crippen LogP contribution in [0.3, 0.4) is 0 Å². The first kappa shape index (κ1) is 15.4. The lowest BCUT2D eigenvalue weighted by molar-refractivity contribution is 0.112. The number of hydrogen-bond donors (Lipinski definition) is 1. The first-order chi connectivity index (χ1) is 10.3. The van der Waals surface area contributed by atoms with Crippen LogP contribution in [0, 0.1) is 5.92 Å². The van der Waals surface area contributed by atoms with Gasteiger partial charge < -0.3 is 5.32 Å². The lowest BCUT2D eigenvalue weighted by Gasteiger charge is -2.41. The molecule has 1 aromatic carbocycles. The van der Waals surface area contributed by atoms with Crippen molar-refractivity contribution in [1.82, 2.24) is 10.2 Å². The van der Waals surface area contributed by atoms with Crippen LogP contribution in [0.25, 0.3) is 0 Å². The highest BCUT2D eigenvalue weighted by molar-refractivity contribution is 7.99. The minimum atomic E-state index is 0.615. The van der Waals surface area contributed by atoms with Gasteiger partial charge in [0.25, 0.3) is 0 Å². The van der Waals surface area contributed by atoms with E-state index in [0.717, 1.165) is 5.92 Å². The van der Waals surface area contributed by atoms with Crippen LogP contribution in [0.1, 0.15) is 44.7 Å². The van der Waals surface area contributed by atoms with Crippen molar-refractivity contribution in [2.24, 2.45) is 5.92 Å².